The fraction of sp³-hybridized carbons (Fsp3) is 0.118. The molecule has 102 valence electrons. The van der Waals surface area contributed by atoms with Gasteiger partial charge in [0.25, 0.3) is 0 Å². The predicted octanol–water partition coefficient (Wildman–Crippen LogP) is 3.54. The van der Waals surface area contributed by atoms with Gasteiger partial charge in [-0.25, -0.2) is 0 Å². The summed E-state index contributed by atoms with van der Waals surface area (Å²) in [5, 5.41) is 2.76. The quantitative estimate of drug-likeness (QED) is 0.659. The molecule has 3 N–H and O–H groups in total. The minimum atomic E-state index is -0.193. The van der Waals surface area contributed by atoms with E-state index in [1.165, 1.54) is 17.2 Å². The molecule has 0 aliphatic carbocycles. The molecule has 0 saturated carbocycles. The Kier molecular flexibility index (Phi) is 4.20. The van der Waals surface area contributed by atoms with Crippen LogP contribution in [-0.4, -0.2) is 5.91 Å². The van der Waals surface area contributed by atoms with Crippen molar-refractivity contribution in [3.05, 3.63) is 65.2 Å². The topological polar surface area (TPSA) is 55.1 Å². The largest absolute Gasteiger partial charge is 0.397 e. The number of anilines is 2. The van der Waals surface area contributed by atoms with Crippen molar-refractivity contribution in [1.82, 2.24) is 0 Å². The standard InChI is InChI=1S/C17H18N2O/c1-12-7-8-14(11-13(12)2)9-10-17(20)19-16-6-4-3-5-15(16)18/h3-11H,18H2,1-2H3,(H,19,20)/b10-9+. The van der Waals surface area contributed by atoms with Crippen LogP contribution in [0.15, 0.2) is 48.5 Å². The van der Waals surface area contributed by atoms with Gasteiger partial charge in [0.1, 0.15) is 0 Å². The lowest BCUT2D eigenvalue weighted by Gasteiger charge is -2.05. The van der Waals surface area contributed by atoms with Crippen molar-refractivity contribution < 1.29 is 4.79 Å². The smallest absolute Gasteiger partial charge is 0.248 e. The van der Waals surface area contributed by atoms with Gasteiger partial charge >= 0.3 is 0 Å². The van der Waals surface area contributed by atoms with Gasteiger partial charge in [-0.3, -0.25) is 4.79 Å². The van der Waals surface area contributed by atoms with E-state index in [0.29, 0.717) is 11.4 Å². The van der Waals surface area contributed by atoms with Crippen molar-refractivity contribution in [2.45, 2.75) is 13.8 Å². The first-order chi connectivity index (χ1) is 9.56. The number of nitrogen functional groups attached to an aromatic ring is 1. The molecule has 2 aromatic carbocycles. The minimum absolute atomic E-state index is 0.193. The van der Waals surface area contributed by atoms with Gasteiger partial charge in [-0.2, -0.15) is 0 Å². The molecule has 0 fully saturated rings. The maximum absolute atomic E-state index is 11.8. The number of hydrogen-bond acceptors (Lipinski definition) is 2. The summed E-state index contributed by atoms with van der Waals surface area (Å²) in [5.41, 5.74) is 10.4. The Morgan fingerprint density at radius 3 is 2.55 bits per heavy atom. The highest BCUT2D eigenvalue weighted by molar-refractivity contribution is 6.03. The molecule has 3 nitrogen and oxygen atoms in total. The lowest BCUT2D eigenvalue weighted by atomic mass is 10.1. The van der Waals surface area contributed by atoms with E-state index in [1.54, 1.807) is 18.2 Å². The summed E-state index contributed by atoms with van der Waals surface area (Å²) >= 11 is 0. The third-order valence-electron chi connectivity index (χ3n) is 3.18. The van der Waals surface area contributed by atoms with E-state index in [2.05, 4.69) is 25.2 Å². The minimum Gasteiger partial charge on any atom is -0.397 e. The van der Waals surface area contributed by atoms with Crippen LogP contribution in [0.2, 0.25) is 0 Å². The molecule has 0 aromatic heterocycles. The van der Waals surface area contributed by atoms with Gasteiger partial charge in [0, 0.05) is 6.08 Å². The Balaban J connectivity index is 2.06. The summed E-state index contributed by atoms with van der Waals surface area (Å²) in [5.74, 6) is -0.193. The number of nitrogens with two attached hydrogens (primary N) is 1. The van der Waals surface area contributed by atoms with Crippen LogP contribution >= 0.6 is 0 Å². The second-order valence-corrected chi connectivity index (χ2v) is 4.75. The number of amides is 1. The van der Waals surface area contributed by atoms with Gasteiger partial charge in [-0.05, 0) is 48.7 Å². The lowest BCUT2D eigenvalue weighted by molar-refractivity contribution is -0.111. The second-order valence-electron chi connectivity index (χ2n) is 4.75. The lowest BCUT2D eigenvalue weighted by Crippen LogP contribution is -2.09. The molecule has 3 heteroatoms. The normalized spacial score (nSPS) is 10.7. The summed E-state index contributed by atoms with van der Waals surface area (Å²) in [6.45, 7) is 4.12. The molecule has 2 rings (SSSR count). The van der Waals surface area contributed by atoms with Gasteiger partial charge < -0.3 is 11.1 Å². The first-order valence-electron chi connectivity index (χ1n) is 6.47. The van der Waals surface area contributed by atoms with Crippen LogP contribution in [0, 0.1) is 13.8 Å². The Labute approximate surface area is 119 Å². The van der Waals surface area contributed by atoms with E-state index in [-0.39, 0.29) is 5.91 Å². The molecular formula is C17H18N2O. The molecule has 2 aromatic rings. The van der Waals surface area contributed by atoms with Crippen LogP contribution in [0.5, 0.6) is 0 Å². The third-order valence-corrected chi connectivity index (χ3v) is 3.18. The number of aryl methyl sites for hydroxylation is 2. The van der Waals surface area contributed by atoms with Crippen LogP contribution in [0.1, 0.15) is 16.7 Å². The van der Waals surface area contributed by atoms with Crippen LogP contribution in [-0.2, 0) is 4.79 Å². The van der Waals surface area contributed by atoms with Crippen molar-refractivity contribution in [2.75, 3.05) is 11.1 Å². The van der Waals surface area contributed by atoms with Crippen LogP contribution < -0.4 is 11.1 Å². The molecule has 0 atom stereocenters. The molecule has 0 saturated heterocycles. The molecule has 0 aliphatic heterocycles. The molecular weight excluding hydrogens is 248 g/mol. The SMILES string of the molecule is Cc1ccc(/C=C/C(=O)Nc2ccccc2N)cc1C. The molecule has 0 aliphatic rings. The van der Waals surface area contributed by atoms with E-state index in [9.17, 15) is 4.79 Å². The summed E-state index contributed by atoms with van der Waals surface area (Å²) in [6, 6.07) is 13.3. The molecule has 0 radical (unpaired) electrons. The van der Waals surface area contributed by atoms with Gasteiger partial charge in [0.05, 0.1) is 11.4 Å². The number of hydrogen-bond donors (Lipinski definition) is 2. The van der Waals surface area contributed by atoms with Gasteiger partial charge in [-0.15, -0.1) is 0 Å². The monoisotopic (exact) mass is 266 g/mol. The average Bonchev–Trinajstić information content (AvgIpc) is 2.43. The maximum atomic E-state index is 11.8. The van der Waals surface area contributed by atoms with Crippen molar-refractivity contribution >= 4 is 23.4 Å². The number of para-hydroxylation sites is 2. The molecule has 20 heavy (non-hydrogen) atoms. The first-order valence-corrected chi connectivity index (χ1v) is 6.47. The number of carbonyl (C=O) groups is 1. The first kappa shape index (κ1) is 13.9. The van der Waals surface area contributed by atoms with Gasteiger partial charge in [0.2, 0.25) is 5.91 Å². The molecule has 0 heterocycles. The van der Waals surface area contributed by atoms with E-state index in [1.807, 2.05) is 24.3 Å². The van der Waals surface area contributed by atoms with Gasteiger partial charge in [0.15, 0.2) is 0 Å². The molecule has 1 amide bonds. The van der Waals surface area contributed by atoms with Crippen LogP contribution in [0.25, 0.3) is 6.08 Å². The number of benzene rings is 2. The average molecular weight is 266 g/mol. The van der Waals surface area contributed by atoms with Crippen molar-refractivity contribution in [3.8, 4) is 0 Å². The highest BCUT2D eigenvalue weighted by Gasteiger charge is 2.01. The number of carbonyl (C=O) groups excluding carboxylic acids is 1. The fourth-order valence-electron chi connectivity index (χ4n) is 1.83. The Morgan fingerprint density at radius 1 is 1.10 bits per heavy atom. The molecule has 0 spiro atoms. The zero-order valence-electron chi connectivity index (χ0n) is 11.7. The summed E-state index contributed by atoms with van der Waals surface area (Å²) in [4.78, 5) is 11.8. The number of nitrogens with one attached hydrogen (secondary N) is 1. The Bertz CT molecular complexity index is 660. The van der Waals surface area contributed by atoms with Crippen LogP contribution in [0.3, 0.4) is 0 Å². The fourth-order valence-corrected chi connectivity index (χ4v) is 1.83. The van der Waals surface area contributed by atoms with Crippen molar-refractivity contribution in [3.63, 3.8) is 0 Å². The summed E-state index contributed by atoms with van der Waals surface area (Å²) in [6.07, 6.45) is 3.30. The van der Waals surface area contributed by atoms with Gasteiger partial charge in [-0.1, -0.05) is 30.3 Å². The maximum Gasteiger partial charge on any atom is 0.248 e. The van der Waals surface area contributed by atoms with E-state index < -0.39 is 0 Å². The Hall–Kier alpha value is -2.55. The Morgan fingerprint density at radius 2 is 1.85 bits per heavy atom. The third kappa shape index (κ3) is 3.48. The molecule has 0 unspecified atom stereocenters. The second kappa shape index (κ2) is 6.06. The van der Waals surface area contributed by atoms with Crippen LogP contribution in [0.4, 0.5) is 11.4 Å². The highest BCUT2D eigenvalue weighted by atomic mass is 16.1. The molecule has 0 bridgehead atoms. The number of rotatable bonds is 3. The zero-order chi connectivity index (χ0) is 14.5. The van der Waals surface area contributed by atoms with Crippen molar-refractivity contribution in [1.29, 1.82) is 0 Å². The predicted molar refractivity (Wildman–Crippen MR) is 84.4 cm³/mol. The zero-order valence-corrected chi connectivity index (χ0v) is 11.7. The summed E-state index contributed by atoms with van der Waals surface area (Å²) in [7, 11) is 0. The highest BCUT2D eigenvalue weighted by Crippen LogP contribution is 2.17. The van der Waals surface area contributed by atoms with E-state index in [4.69, 9.17) is 5.73 Å². The van der Waals surface area contributed by atoms with Crippen molar-refractivity contribution in [2.24, 2.45) is 0 Å². The van der Waals surface area contributed by atoms with E-state index >= 15 is 0 Å². The van der Waals surface area contributed by atoms with E-state index in [0.717, 1.165) is 5.56 Å². The summed E-state index contributed by atoms with van der Waals surface area (Å²) < 4.78 is 0.